The zero-order valence-corrected chi connectivity index (χ0v) is 21.2. The normalized spacial score (nSPS) is 23.7. The molecular weight excluding hydrogens is 434 g/mol. The third-order valence-electron chi connectivity index (χ3n) is 8.44. The first-order chi connectivity index (χ1) is 16.9. The van der Waals surface area contributed by atoms with Gasteiger partial charge in [-0.1, -0.05) is 44.9 Å². The van der Waals surface area contributed by atoms with Crippen molar-refractivity contribution in [3.63, 3.8) is 0 Å². The van der Waals surface area contributed by atoms with Crippen molar-refractivity contribution >= 4 is 17.2 Å². The van der Waals surface area contributed by atoms with Crippen molar-refractivity contribution in [2.24, 2.45) is 5.41 Å². The number of hydrogen-bond donors (Lipinski definition) is 1. The predicted molar refractivity (Wildman–Crippen MR) is 141 cm³/mol. The number of allylic oxidation sites excluding steroid dienone is 4. The van der Waals surface area contributed by atoms with E-state index in [4.69, 9.17) is 11.3 Å². The summed E-state index contributed by atoms with van der Waals surface area (Å²) in [6.07, 6.45) is 14.6. The highest BCUT2D eigenvalue weighted by Crippen LogP contribution is 2.47. The van der Waals surface area contributed by atoms with E-state index in [9.17, 15) is 4.79 Å². The van der Waals surface area contributed by atoms with Crippen LogP contribution in [-0.2, 0) is 15.1 Å². The lowest BCUT2D eigenvalue weighted by molar-refractivity contribution is -0.112. The molecule has 1 N–H and O–H groups in total. The fourth-order valence-electron chi connectivity index (χ4n) is 6.22. The van der Waals surface area contributed by atoms with Gasteiger partial charge >= 0.3 is 0 Å². The molecule has 0 aromatic heterocycles. The molecule has 0 unspecified atom stereocenters. The minimum absolute atomic E-state index is 0.0675. The second-order valence-corrected chi connectivity index (χ2v) is 11.3. The highest BCUT2D eigenvalue weighted by Gasteiger charge is 2.42. The summed E-state index contributed by atoms with van der Waals surface area (Å²) in [6.45, 7) is 15.5. The standard InChI is InChI=1S/C30H37N3O2/c1-29(2)14-10-22(11-15-29)26-21-24(30(12-4-5-13-30)33-16-18-35-19-17-33)7-9-27(26)32-28(34)23-6-8-25(20-23)31-3/h7-10,20-21H,4-6,11-19H2,1-2H3,(H,32,34). The lowest BCUT2D eigenvalue weighted by atomic mass is 9.76. The number of hydrogen-bond acceptors (Lipinski definition) is 3. The van der Waals surface area contributed by atoms with Crippen LogP contribution in [0.2, 0.25) is 0 Å². The van der Waals surface area contributed by atoms with Gasteiger partial charge in [0.15, 0.2) is 5.70 Å². The van der Waals surface area contributed by atoms with Gasteiger partial charge in [0.1, 0.15) is 0 Å². The van der Waals surface area contributed by atoms with Crippen LogP contribution in [0.15, 0.2) is 47.7 Å². The van der Waals surface area contributed by atoms with Gasteiger partial charge in [-0.2, -0.15) is 0 Å². The monoisotopic (exact) mass is 471 g/mol. The second kappa shape index (κ2) is 9.76. The highest BCUT2D eigenvalue weighted by molar-refractivity contribution is 6.06. The molecule has 0 atom stereocenters. The summed E-state index contributed by atoms with van der Waals surface area (Å²) in [5.74, 6) is -0.102. The van der Waals surface area contributed by atoms with Gasteiger partial charge in [-0.05, 0) is 73.3 Å². The van der Waals surface area contributed by atoms with Crippen molar-refractivity contribution < 1.29 is 9.53 Å². The number of amides is 1. The zero-order chi connectivity index (χ0) is 24.5. The number of carbonyl (C=O) groups is 1. The number of anilines is 1. The molecule has 1 amide bonds. The molecule has 1 heterocycles. The Bertz CT molecular complexity index is 1120. The Morgan fingerprint density at radius 3 is 2.54 bits per heavy atom. The number of morpholine rings is 1. The first-order valence-corrected chi connectivity index (χ1v) is 13.2. The van der Waals surface area contributed by atoms with Crippen LogP contribution in [0.3, 0.4) is 0 Å². The lowest BCUT2D eigenvalue weighted by Gasteiger charge is -2.44. The van der Waals surface area contributed by atoms with Crippen LogP contribution in [0.25, 0.3) is 10.4 Å². The number of nitrogens with zero attached hydrogens (tertiary/aromatic N) is 2. The number of ether oxygens (including phenoxy) is 1. The molecule has 0 radical (unpaired) electrons. The van der Waals surface area contributed by atoms with E-state index in [0.29, 0.717) is 23.1 Å². The molecule has 35 heavy (non-hydrogen) atoms. The minimum Gasteiger partial charge on any atom is -0.379 e. The van der Waals surface area contributed by atoms with E-state index in [-0.39, 0.29) is 11.4 Å². The number of rotatable bonds is 5. The van der Waals surface area contributed by atoms with Crippen LogP contribution in [-0.4, -0.2) is 37.1 Å². The van der Waals surface area contributed by atoms with E-state index >= 15 is 0 Å². The van der Waals surface area contributed by atoms with Crippen molar-refractivity contribution in [2.75, 3.05) is 31.6 Å². The summed E-state index contributed by atoms with van der Waals surface area (Å²) < 4.78 is 5.68. The molecule has 0 spiro atoms. The second-order valence-electron chi connectivity index (χ2n) is 11.3. The Morgan fingerprint density at radius 1 is 1.11 bits per heavy atom. The quantitative estimate of drug-likeness (QED) is 0.502. The maximum atomic E-state index is 13.1. The smallest absolute Gasteiger partial charge is 0.250 e. The SMILES string of the molecule is [C-]#[N+]C1=CCC(C(=O)Nc2ccc(C3(N4CCOCC4)CCCC3)cc2C2=CCC(C)(C)CC2)=C1. The van der Waals surface area contributed by atoms with Crippen molar-refractivity contribution in [3.05, 3.63) is 70.2 Å². The Balaban J connectivity index is 1.51. The third-order valence-corrected chi connectivity index (χ3v) is 8.44. The van der Waals surface area contributed by atoms with Crippen LogP contribution < -0.4 is 5.32 Å². The molecule has 0 bridgehead atoms. The molecule has 5 heteroatoms. The largest absolute Gasteiger partial charge is 0.379 e. The molecule has 5 rings (SSSR count). The summed E-state index contributed by atoms with van der Waals surface area (Å²) in [5, 5.41) is 3.21. The van der Waals surface area contributed by atoms with Crippen molar-refractivity contribution in [3.8, 4) is 0 Å². The van der Waals surface area contributed by atoms with Gasteiger partial charge in [0.25, 0.3) is 5.91 Å². The Kier molecular flexibility index (Phi) is 6.70. The summed E-state index contributed by atoms with van der Waals surface area (Å²) in [7, 11) is 0. The van der Waals surface area contributed by atoms with Crippen LogP contribution >= 0.6 is 0 Å². The maximum absolute atomic E-state index is 13.1. The van der Waals surface area contributed by atoms with E-state index in [1.165, 1.54) is 42.4 Å². The fraction of sp³-hybridized carbons (Fsp3) is 0.533. The average molecular weight is 472 g/mol. The lowest BCUT2D eigenvalue weighted by Crippen LogP contribution is -2.50. The van der Waals surface area contributed by atoms with E-state index in [1.807, 2.05) is 6.08 Å². The van der Waals surface area contributed by atoms with Gasteiger partial charge in [-0.25, -0.2) is 4.85 Å². The van der Waals surface area contributed by atoms with Gasteiger partial charge in [0.2, 0.25) is 0 Å². The number of nitrogens with one attached hydrogen (secondary N) is 1. The summed E-state index contributed by atoms with van der Waals surface area (Å²) in [6, 6.07) is 6.76. The van der Waals surface area contributed by atoms with E-state index in [2.05, 4.69) is 53.2 Å². The van der Waals surface area contributed by atoms with Gasteiger partial charge < -0.3 is 10.1 Å². The van der Waals surface area contributed by atoms with Crippen LogP contribution in [0.5, 0.6) is 0 Å². The molecule has 2 fully saturated rings. The fourth-order valence-corrected chi connectivity index (χ4v) is 6.22. The molecular formula is C30H37N3O2. The first kappa shape index (κ1) is 24.0. The molecule has 184 valence electrons. The van der Waals surface area contributed by atoms with Gasteiger partial charge in [0, 0.05) is 35.5 Å². The molecule has 1 aromatic rings. The first-order valence-electron chi connectivity index (χ1n) is 13.2. The van der Waals surface area contributed by atoms with Crippen LogP contribution in [0.1, 0.15) is 76.3 Å². The van der Waals surface area contributed by atoms with Gasteiger partial charge in [-0.15, -0.1) is 0 Å². The average Bonchev–Trinajstić information content (AvgIpc) is 3.56. The minimum atomic E-state index is -0.102. The summed E-state index contributed by atoms with van der Waals surface area (Å²) in [4.78, 5) is 19.2. The molecule has 1 saturated carbocycles. The highest BCUT2D eigenvalue weighted by atomic mass is 16.5. The van der Waals surface area contributed by atoms with Gasteiger partial charge in [-0.3, -0.25) is 9.69 Å². The molecule has 1 saturated heterocycles. The summed E-state index contributed by atoms with van der Waals surface area (Å²) in [5.41, 5.74) is 6.38. The number of carbonyl (C=O) groups excluding carboxylic acids is 1. The van der Waals surface area contributed by atoms with Crippen LogP contribution in [0, 0.1) is 12.0 Å². The topological polar surface area (TPSA) is 45.9 Å². The molecule has 1 aromatic carbocycles. The number of benzene rings is 1. The summed E-state index contributed by atoms with van der Waals surface area (Å²) >= 11 is 0. The molecule has 5 nitrogen and oxygen atoms in total. The van der Waals surface area contributed by atoms with E-state index in [1.54, 1.807) is 6.08 Å². The maximum Gasteiger partial charge on any atom is 0.250 e. The molecule has 3 aliphatic carbocycles. The van der Waals surface area contributed by atoms with Crippen molar-refractivity contribution in [2.45, 2.75) is 70.8 Å². The Hall–Kier alpha value is -2.68. The van der Waals surface area contributed by atoms with E-state index < -0.39 is 0 Å². The molecule has 4 aliphatic rings. The Labute approximate surface area is 209 Å². The van der Waals surface area contributed by atoms with Crippen molar-refractivity contribution in [1.29, 1.82) is 0 Å². The van der Waals surface area contributed by atoms with Crippen LogP contribution in [0.4, 0.5) is 5.69 Å². The molecule has 1 aliphatic heterocycles. The Morgan fingerprint density at radius 2 is 1.89 bits per heavy atom. The van der Waals surface area contributed by atoms with Crippen molar-refractivity contribution in [1.82, 2.24) is 4.90 Å². The zero-order valence-electron chi connectivity index (χ0n) is 21.2. The third kappa shape index (κ3) is 4.87. The van der Waals surface area contributed by atoms with E-state index in [0.717, 1.165) is 51.3 Å². The van der Waals surface area contributed by atoms with Gasteiger partial charge in [0.05, 0.1) is 19.8 Å². The predicted octanol–water partition coefficient (Wildman–Crippen LogP) is 6.45.